The van der Waals surface area contributed by atoms with Crippen LogP contribution in [0.25, 0.3) is 6.08 Å². The average molecular weight is 345 g/mol. The second-order valence-corrected chi connectivity index (χ2v) is 5.19. The van der Waals surface area contributed by atoms with E-state index in [2.05, 4.69) is 4.84 Å². The molecule has 0 fully saturated rings. The molecular formula is C18H19NO6. The topological polar surface area (TPSA) is 99.5 Å². The van der Waals surface area contributed by atoms with Crippen LogP contribution in [0.1, 0.15) is 16.7 Å². The summed E-state index contributed by atoms with van der Waals surface area (Å²) >= 11 is 0. The predicted octanol–water partition coefficient (Wildman–Crippen LogP) is 2.70. The third-order valence-corrected chi connectivity index (χ3v) is 3.31. The highest BCUT2D eigenvalue weighted by molar-refractivity contribution is 5.87. The van der Waals surface area contributed by atoms with Crippen molar-refractivity contribution in [3.63, 3.8) is 0 Å². The van der Waals surface area contributed by atoms with Crippen molar-refractivity contribution in [2.45, 2.75) is 13.0 Å². The minimum atomic E-state index is -0.462. The zero-order valence-corrected chi connectivity index (χ0v) is 13.4. The minimum absolute atomic E-state index is 0.128. The summed E-state index contributed by atoms with van der Waals surface area (Å²) < 4.78 is 5.15. The van der Waals surface area contributed by atoms with Crippen molar-refractivity contribution >= 4 is 12.0 Å². The molecule has 3 N–H and O–H groups in total. The first kappa shape index (κ1) is 18.6. The number of rotatable bonds is 8. The number of aromatic hydroxyl groups is 1. The second kappa shape index (κ2) is 9.55. The Morgan fingerprint density at radius 1 is 1.00 bits per heavy atom. The summed E-state index contributed by atoms with van der Waals surface area (Å²) in [6, 6.07) is 13.8. The molecular weight excluding hydrogens is 326 g/mol. The van der Waals surface area contributed by atoms with E-state index in [1.807, 2.05) is 24.3 Å². The Hall–Kier alpha value is -2.71. The van der Waals surface area contributed by atoms with E-state index in [1.54, 1.807) is 18.2 Å². The van der Waals surface area contributed by atoms with Crippen molar-refractivity contribution in [1.29, 1.82) is 0 Å². The second-order valence-electron chi connectivity index (χ2n) is 5.19. The van der Waals surface area contributed by atoms with Gasteiger partial charge in [0.05, 0.1) is 12.0 Å². The number of hydrogen-bond donors (Lipinski definition) is 3. The standard InChI is InChI=1S/C18H19NO6/c20-17-8-5-14(6-9-17)7-10-18(21)24-13-16-3-1-15(2-4-16)11-12-25-19(22)23/h1-10,20,22-23H,11-13H2/b10-7+. The van der Waals surface area contributed by atoms with Gasteiger partial charge in [-0.2, -0.15) is 0 Å². The van der Waals surface area contributed by atoms with Gasteiger partial charge in [0.15, 0.2) is 0 Å². The van der Waals surface area contributed by atoms with E-state index in [0.29, 0.717) is 6.42 Å². The lowest BCUT2D eigenvalue weighted by atomic mass is 10.1. The van der Waals surface area contributed by atoms with Gasteiger partial charge >= 0.3 is 5.97 Å². The van der Waals surface area contributed by atoms with Crippen LogP contribution in [0, 0.1) is 0 Å². The number of carbonyl (C=O) groups is 1. The van der Waals surface area contributed by atoms with Crippen molar-refractivity contribution in [2.75, 3.05) is 6.61 Å². The van der Waals surface area contributed by atoms with E-state index in [4.69, 9.17) is 15.2 Å². The van der Waals surface area contributed by atoms with Gasteiger partial charge in [-0.05, 0) is 41.3 Å². The minimum Gasteiger partial charge on any atom is -0.508 e. The lowest BCUT2D eigenvalue weighted by molar-refractivity contribution is -0.492. The van der Waals surface area contributed by atoms with E-state index in [-0.39, 0.29) is 24.4 Å². The molecule has 0 saturated heterocycles. The van der Waals surface area contributed by atoms with Crippen molar-refractivity contribution in [3.05, 3.63) is 71.3 Å². The Kier molecular flexibility index (Phi) is 7.12. The highest BCUT2D eigenvalue weighted by Gasteiger charge is 2.01. The van der Waals surface area contributed by atoms with E-state index in [1.165, 1.54) is 18.2 Å². The fourth-order valence-electron chi connectivity index (χ4n) is 2.00. The van der Waals surface area contributed by atoms with E-state index < -0.39 is 5.97 Å². The summed E-state index contributed by atoms with van der Waals surface area (Å²) in [6.07, 6.45) is 3.44. The molecule has 25 heavy (non-hydrogen) atoms. The molecule has 0 heterocycles. The normalized spacial score (nSPS) is 11.2. The molecule has 0 amide bonds. The fourth-order valence-corrected chi connectivity index (χ4v) is 2.00. The van der Waals surface area contributed by atoms with Gasteiger partial charge < -0.3 is 9.84 Å². The van der Waals surface area contributed by atoms with Gasteiger partial charge in [0.25, 0.3) is 0 Å². The molecule has 0 aromatic heterocycles. The lowest BCUT2D eigenvalue weighted by Crippen LogP contribution is -2.16. The van der Waals surface area contributed by atoms with Gasteiger partial charge in [-0.3, -0.25) is 15.3 Å². The number of nitrogens with zero attached hydrogens (tertiary/aromatic N) is 1. The summed E-state index contributed by atoms with van der Waals surface area (Å²) in [5, 5.41) is 25.7. The highest BCUT2D eigenvalue weighted by Crippen LogP contribution is 2.11. The summed E-state index contributed by atoms with van der Waals surface area (Å²) in [6.45, 7) is 0.278. The van der Waals surface area contributed by atoms with Gasteiger partial charge in [-0.1, -0.05) is 36.4 Å². The molecule has 0 atom stereocenters. The Labute approximate surface area is 144 Å². The smallest absolute Gasteiger partial charge is 0.331 e. The van der Waals surface area contributed by atoms with Crippen LogP contribution >= 0.6 is 0 Å². The van der Waals surface area contributed by atoms with Gasteiger partial charge in [0, 0.05) is 6.08 Å². The maximum atomic E-state index is 11.7. The highest BCUT2D eigenvalue weighted by atomic mass is 17.1. The van der Waals surface area contributed by atoms with Crippen molar-refractivity contribution in [3.8, 4) is 5.75 Å². The molecule has 7 heteroatoms. The Balaban J connectivity index is 1.76. The summed E-state index contributed by atoms with van der Waals surface area (Å²) in [5.41, 5.74) is 2.57. The first-order valence-electron chi connectivity index (χ1n) is 7.55. The zero-order valence-electron chi connectivity index (χ0n) is 13.4. The first-order valence-corrected chi connectivity index (χ1v) is 7.55. The number of ether oxygens (including phenoxy) is 1. The third kappa shape index (κ3) is 7.15. The molecule has 0 aliphatic heterocycles. The molecule has 0 bridgehead atoms. The SMILES string of the molecule is O=C(/C=C/c1ccc(O)cc1)OCc1ccc(CCON(O)O)cc1. The molecule has 0 unspecified atom stereocenters. The van der Waals surface area contributed by atoms with Gasteiger partial charge in [0.1, 0.15) is 12.4 Å². The number of phenols is 1. The van der Waals surface area contributed by atoms with E-state index >= 15 is 0 Å². The fraction of sp³-hybridized carbons (Fsp3) is 0.167. The summed E-state index contributed by atoms with van der Waals surface area (Å²) in [4.78, 5) is 16.2. The lowest BCUT2D eigenvalue weighted by Gasteiger charge is -2.07. The van der Waals surface area contributed by atoms with Crippen molar-refractivity contribution in [1.82, 2.24) is 5.39 Å². The number of hydrogen-bond acceptors (Lipinski definition) is 7. The van der Waals surface area contributed by atoms with Gasteiger partial charge in [-0.15, -0.1) is 0 Å². The van der Waals surface area contributed by atoms with E-state index in [0.717, 1.165) is 16.7 Å². The van der Waals surface area contributed by atoms with Crippen molar-refractivity contribution < 1.29 is 29.9 Å². The van der Waals surface area contributed by atoms with Crippen LogP contribution in [0.3, 0.4) is 0 Å². The quantitative estimate of drug-likeness (QED) is 0.384. The maximum absolute atomic E-state index is 11.7. The Morgan fingerprint density at radius 2 is 1.64 bits per heavy atom. The first-order chi connectivity index (χ1) is 12.0. The maximum Gasteiger partial charge on any atom is 0.331 e. The van der Waals surface area contributed by atoms with Crippen LogP contribution < -0.4 is 0 Å². The Bertz CT molecular complexity index is 695. The van der Waals surface area contributed by atoms with Crippen LogP contribution in [0.2, 0.25) is 0 Å². The molecule has 0 radical (unpaired) electrons. The van der Waals surface area contributed by atoms with Gasteiger partial charge in [-0.25, -0.2) is 4.79 Å². The molecule has 0 aliphatic rings. The van der Waals surface area contributed by atoms with Crippen LogP contribution in [0.5, 0.6) is 5.75 Å². The molecule has 0 spiro atoms. The average Bonchev–Trinajstić information content (AvgIpc) is 2.60. The van der Waals surface area contributed by atoms with Gasteiger partial charge in [0.2, 0.25) is 0 Å². The molecule has 7 nitrogen and oxygen atoms in total. The molecule has 2 aromatic carbocycles. The zero-order chi connectivity index (χ0) is 18.1. The van der Waals surface area contributed by atoms with Crippen LogP contribution in [-0.4, -0.2) is 33.5 Å². The molecule has 132 valence electrons. The molecule has 2 rings (SSSR count). The summed E-state index contributed by atoms with van der Waals surface area (Å²) in [5.74, 6) is -0.295. The molecule has 0 saturated carbocycles. The third-order valence-electron chi connectivity index (χ3n) is 3.31. The summed E-state index contributed by atoms with van der Waals surface area (Å²) in [7, 11) is 0. The number of benzene rings is 2. The number of esters is 1. The van der Waals surface area contributed by atoms with Crippen LogP contribution in [0.15, 0.2) is 54.6 Å². The van der Waals surface area contributed by atoms with Crippen LogP contribution in [-0.2, 0) is 27.4 Å². The number of carbonyl (C=O) groups excluding carboxylic acids is 1. The van der Waals surface area contributed by atoms with E-state index in [9.17, 15) is 9.90 Å². The predicted molar refractivity (Wildman–Crippen MR) is 88.4 cm³/mol. The molecule has 2 aromatic rings. The largest absolute Gasteiger partial charge is 0.508 e. The molecule has 0 aliphatic carbocycles. The monoisotopic (exact) mass is 345 g/mol. The Morgan fingerprint density at radius 3 is 2.28 bits per heavy atom. The van der Waals surface area contributed by atoms with Crippen molar-refractivity contribution in [2.24, 2.45) is 0 Å². The number of phenolic OH excluding ortho intramolecular Hbond substituents is 1. The van der Waals surface area contributed by atoms with Crippen LogP contribution in [0.4, 0.5) is 0 Å².